The summed E-state index contributed by atoms with van der Waals surface area (Å²) in [4.78, 5) is 0. The standard InChI is InChI=1S/C52H67ClN2O2/c1-5-8-11-14-17-20-33-52(34-21-18-15-12-9-6-2)47-36-39(4)23-32-45(47)49-46(37-43(53)38-48(49)52)40-24-26-41(27-25-40)50-54-55-51(57-50)42-28-30-44(31-29-42)56-35-22-19-16-13-10-7-3/h23-32,36-38H,5-22,33-35H2,1-4H3. The van der Waals surface area contributed by atoms with Gasteiger partial charge in [0, 0.05) is 21.6 Å². The number of aromatic nitrogens is 2. The Balaban J connectivity index is 1.22. The molecule has 4 aromatic carbocycles. The van der Waals surface area contributed by atoms with E-state index in [1.807, 2.05) is 24.3 Å². The van der Waals surface area contributed by atoms with Crippen LogP contribution in [0.15, 0.2) is 83.3 Å². The van der Waals surface area contributed by atoms with E-state index in [0.717, 1.165) is 40.5 Å². The third kappa shape index (κ3) is 11.0. The number of aryl methyl sites for hydroxylation is 1. The number of nitrogens with zero attached hydrogens (tertiary/aromatic N) is 2. The van der Waals surface area contributed by atoms with Gasteiger partial charge in [-0.25, -0.2) is 0 Å². The monoisotopic (exact) mass is 786 g/mol. The minimum Gasteiger partial charge on any atom is -0.494 e. The van der Waals surface area contributed by atoms with Gasteiger partial charge in [-0.15, -0.1) is 10.2 Å². The summed E-state index contributed by atoms with van der Waals surface area (Å²) >= 11 is 7.13. The normalized spacial score (nSPS) is 12.9. The number of ether oxygens (including phenoxy) is 1. The summed E-state index contributed by atoms with van der Waals surface area (Å²) < 4.78 is 12.2. The Hall–Kier alpha value is -3.89. The molecule has 1 heterocycles. The number of hydrogen-bond donors (Lipinski definition) is 0. The lowest BCUT2D eigenvalue weighted by Gasteiger charge is -2.33. The van der Waals surface area contributed by atoms with Crippen LogP contribution in [0.5, 0.6) is 5.75 Å². The maximum absolute atomic E-state index is 7.13. The van der Waals surface area contributed by atoms with Crippen LogP contribution in [0, 0.1) is 6.92 Å². The highest BCUT2D eigenvalue weighted by Gasteiger charge is 2.43. The van der Waals surface area contributed by atoms with E-state index in [2.05, 4.69) is 92.5 Å². The molecule has 1 aromatic heterocycles. The summed E-state index contributed by atoms with van der Waals surface area (Å²) in [6, 6.07) is 28.2. The molecule has 1 aliphatic rings. The van der Waals surface area contributed by atoms with Crippen molar-refractivity contribution in [1.29, 1.82) is 0 Å². The summed E-state index contributed by atoms with van der Waals surface area (Å²) in [7, 11) is 0. The Morgan fingerprint density at radius 2 is 1.04 bits per heavy atom. The topological polar surface area (TPSA) is 48.2 Å². The van der Waals surface area contributed by atoms with Gasteiger partial charge in [-0.3, -0.25) is 0 Å². The molecule has 0 radical (unpaired) electrons. The largest absolute Gasteiger partial charge is 0.494 e. The van der Waals surface area contributed by atoms with Crippen LogP contribution in [0.1, 0.15) is 166 Å². The van der Waals surface area contributed by atoms with Crippen molar-refractivity contribution < 1.29 is 9.15 Å². The van der Waals surface area contributed by atoms with Gasteiger partial charge < -0.3 is 9.15 Å². The first-order chi connectivity index (χ1) is 28.0. The van der Waals surface area contributed by atoms with E-state index in [-0.39, 0.29) is 5.41 Å². The Bertz CT molecular complexity index is 1950. The van der Waals surface area contributed by atoms with Crippen LogP contribution < -0.4 is 4.74 Å². The van der Waals surface area contributed by atoms with Gasteiger partial charge in [0.15, 0.2) is 0 Å². The lowest BCUT2D eigenvalue weighted by molar-refractivity contribution is 0.304. The van der Waals surface area contributed by atoms with Crippen LogP contribution in [-0.4, -0.2) is 16.8 Å². The molecule has 0 saturated heterocycles. The first-order valence-electron chi connectivity index (χ1n) is 22.6. The van der Waals surface area contributed by atoms with Crippen LogP contribution >= 0.6 is 11.6 Å². The van der Waals surface area contributed by atoms with Gasteiger partial charge in [0.25, 0.3) is 0 Å². The predicted molar refractivity (Wildman–Crippen MR) is 241 cm³/mol. The molecular formula is C52H67ClN2O2. The van der Waals surface area contributed by atoms with E-state index in [0.29, 0.717) is 11.8 Å². The third-order valence-corrected chi connectivity index (χ3v) is 12.4. The smallest absolute Gasteiger partial charge is 0.248 e. The zero-order valence-electron chi connectivity index (χ0n) is 35.4. The van der Waals surface area contributed by atoms with Gasteiger partial charge in [0.05, 0.1) is 6.61 Å². The lowest BCUT2D eigenvalue weighted by Crippen LogP contribution is -2.25. The van der Waals surface area contributed by atoms with E-state index >= 15 is 0 Å². The molecule has 0 spiro atoms. The molecule has 0 atom stereocenters. The molecule has 5 aromatic rings. The van der Waals surface area contributed by atoms with Gasteiger partial charge in [-0.05, 0) is 108 Å². The Kier molecular flexibility index (Phi) is 16.3. The van der Waals surface area contributed by atoms with Gasteiger partial charge >= 0.3 is 0 Å². The summed E-state index contributed by atoms with van der Waals surface area (Å²) in [6.07, 6.45) is 25.5. The second-order valence-corrected chi connectivity index (χ2v) is 17.1. The van der Waals surface area contributed by atoms with Crippen molar-refractivity contribution >= 4 is 11.6 Å². The molecule has 0 unspecified atom stereocenters. The fraction of sp³-hybridized carbons (Fsp3) is 0.500. The number of fused-ring (bicyclic) bond motifs is 3. The van der Waals surface area contributed by atoms with E-state index in [1.54, 1.807) is 0 Å². The number of halogens is 1. The van der Waals surface area contributed by atoms with E-state index < -0.39 is 0 Å². The fourth-order valence-electron chi connectivity index (χ4n) is 9.01. The molecule has 4 nitrogen and oxygen atoms in total. The molecule has 0 N–H and O–H groups in total. The number of benzene rings is 4. The molecule has 6 rings (SSSR count). The van der Waals surface area contributed by atoms with Crippen molar-refractivity contribution in [3.05, 3.63) is 101 Å². The van der Waals surface area contributed by atoms with E-state index in [9.17, 15) is 0 Å². The highest BCUT2D eigenvalue weighted by molar-refractivity contribution is 6.31. The minimum atomic E-state index is -0.0236. The molecule has 0 amide bonds. The second kappa shape index (κ2) is 21.8. The maximum Gasteiger partial charge on any atom is 0.248 e. The van der Waals surface area contributed by atoms with Crippen molar-refractivity contribution in [3.8, 4) is 50.9 Å². The van der Waals surface area contributed by atoms with Gasteiger partial charge in [-0.1, -0.05) is 177 Å². The summed E-state index contributed by atoms with van der Waals surface area (Å²) in [5.74, 6) is 1.88. The predicted octanol–water partition coefficient (Wildman–Crippen LogP) is 16.5. The van der Waals surface area contributed by atoms with Gasteiger partial charge in [0.2, 0.25) is 11.8 Å². The first kappa shape index (κ1) is 42.7. The van der Waals surface area contributed by atoms with E-state index in [1.165, 1.54) is 155 Å². The Labute approximate surface area is 349 Å². The fourth-order valence-corrected chi connectivity index (χ4v) is 9.23. The van der Waals surface area contributed by atoms with E-state index in [4.69, 9.17) is 20.8 Å². The summed E-state index contributed by atoms with van der Waals surface area (Å²) in [6.45, 7) is 9.85. The quantitative estimate of drug-likeness (QED) is 0.0553. The summed E-state index contributed by atoms with van der Waals surface area (Å²) in [5, 5.41) is 9.66. The van der Waals surface area contributed by atoms with Crippen LogP contribution in [0.3, 0.4) is 0 Å². The molecule has 1 aliphatic carbocycles. The van der Waals surface area contributed by atoms with Crippen molar-refractivity contribution in [2.24, 2.45) is 0 Å². The average molecular weight is 788 g/mol. The Morgan fingerprint density at radius 1 is 0.526 bits per heavy atom. The molecule has 57 heavy (non-hydrogen) atoms. The van der Waals surface area contributed by atoms with Crippen LogP contribution in [-0.2, 0) is 5.41 Å². The summed E-state index contributed by atoms with van der Waals surface area (Å²) in [5.41, 5.74) is 11.1. The van der Waals surface area contributed by atoms with Gasteiger partial charge in [-0.2, -0.15) is 0 Å². The maximum atomic E-state index is 7.13. The van der Waals surface area contributed by atoms with Crippen molar-refractivity contribution in [3.63, 3.8) is 0 Å². The number of unbranched alkanes of at least 4 members (excludes halogenated alkanes) is 15. The number of hydrogen-bond acceptors (Lipinski definition) is 4. The SMILES string of the molecule is CCCCCCCCOc1ccc(-c2nnc(-c3ccc(-c4cc(Cl)cc5c4-c4ccc(C)cc4C5(CCCCCCCC)CCCCCCCC)cc3)o2)cc1. The zero-order valence-corrected chi connectivity index (χ0v) is 36.2. The molecule has 5 heteroatoms. The lowest BCUT2D eigenvalue weighted by atomic mass is 9.70. The Morgan fingerprint density at radius 3 is 1.61 bits per heavy atom. The third-order valence-electron chi connectivity index (χ3n) is 12.2. The number of rotatable bonds is 25. The molecule has 0 fully saturated rings. The highest BCUT2D eigenvalue weighted by atomic mass is 35.5. The first-order valence-corrected chi connectivity index (χ1v) is 23.0. The second-order valence-electron chi connectivity index (χ2n) is 16.7. The van der Waals surface area contributed by atoms with Crippen molar-refractivity contribution in [2.45, 2.75) is 162 Å². The zero-order chi connectivity index (χ0) is 39.9. The highest BCUT2D eigenvalue weighted by Crippen LogP contribution is 2.57. The molecule has 0 saturated carbocycles. The minimum absolute atomic E-state index is 0.0236. The molecule has 0 aliphatic heterocycles. The molecular weight excluding hydrogens is 720 g/mol. The molecule has 0 bridgehead atoms. The van der Waals surface area contributed by atoms with Crippen LogP contribution in [0.4, 0.5) is 0 Å². The van der Waals surface area contributed by atoms with Crippen LogP contribution in [0.25, 0.3) is 45.2 Å². The van der Waals surface area contributed by atoms with Crippen molar-refractivity contribution in [1.82, 2.24) is 10.2 Å². The molecule has 304 valence electrons. The van der Waals surface area contributed by atoms with Gasteiger partial charge in [0.1, 0.15) is 5.75 Å². The average Bonchev–Trinajstić information content (AvgIpc) is 3.82. The van der Waals surface area contributed by atoms with Crippen molar-refractivity contribution in [2.75, 3.05) is 6.61 Å². The van der Waals surface area contributed by atoms with Crippen LogP contribution in [0.2, 0.25) is 5.02 Å².